The Kier molecular flexibility index (Phi) is 5.91. The predicted molar refractivity (Wildman–Crippen MR) is 123 cm³/mol. The van der Waals surface area contributed by atoms with Crippen molar-refractivity contribution < 1.29 is 19.4 Å². The smallest absolute Gasteiger partial charge is 0.258 e. The lowest BCUT2D eigenvalue weighted by Crippen LogP contribution is -2.42. The van der Waals surface area contributed by atoms with Crippen LogP contribution in [-0.4, -0.2) is 30.1 Å². The number of nitrogens with two attached hydrogens (primary N) is 1. The molecule has 0 aliphatic carbocycles. The van der Waals surface area contributed by atoms with Crippen molar-refractivity contribution >= 4 is 29.1 Å². The van der Waals surface area contributed by atoms with Gasteiger partial charge in [0.2, 0.25) is 0 Å². The van der Waals surface area contributed by atoms with E-state index in [9.17, 15) is 14.7 Å². The maximum atomic E-state index is 13.4. The molecular formula is C25H23ClN2O4. The second kappa shape index (κ2) is 8.65. The molecule has 6 nitrogen and oxygen atoms in total. The van der Waals surface area contributed by atoms with E-state index in [0.29, 0.717) is 58.3 Å². The zero-order chi connectivity index (χ0) is 22.9. The van der Waals surface area contributed by atoms with Crippen LogP contribution < -0.4 is 15.4 Å². The average Bonchev–Trinajstić information content (AvgIpc) is 3.00. The van der Waals surface area contributed by atoms with E-state index < -0.39 is 11.5 Å². The molecule has 32 heavy (non-hydrogen) atoms. The lowest BCUT2D eigenvalue weighted by molar-refractivity contribution is -0.133. The molecule has 0 saturated carbocycles. The fraction of sp³-hybridized carbons (Fsp3) is 0.200. The van der Waals surface area contributed by atoms with Crippen molar-refractivity contribution in [3.8, 4) is 5.75 Å². The highest BCUT2D eigenvalue weighted by Crippen LogP contribution is 2.36. The largest absolute Gasteiger partial charge is 0.491 e. The Morgan fingerprint density at radius 1 is 1.09 bits per heavy atom. The number of hydrogen-bond donors (Lipinski definition) is 2. The summed E-state index contributed by atoms with van der Waals surface area (Å²) in [5, 5.41) is 11.8. The van der Waals surface area contributed by atoms with Crippen LogP contribution in [0, 0.1) is 6.92 Å². The number of ether oxygens (including phenoxy) is 1. The summed E-state index contributed by atoms with van der Waals surface area (Å²) in [6, 6.07) is 18.5. The summed E-state index contributed by atoms with van der Waals surface area (Å²) in [4.78, 5) is 27.4. The van der Waals surface area contributed by atoms with Crippen molar-refractivity contribution in [2.24, 2.45) is 5.73 Å². The first kappa shape index (κ1) is 21.9. The summed E-state index contributed by atoms with van der Waals surface area (Å²) in [7, 11) is 0. The van der Waals surface area contributed by atoms with E-state index in [0.717, 1.165) is 0 Å². The molecule has 164 valence electrons. The van der Waals surface area contributed by atoms with Gasteiger partial charge in [0.1, 0.15) is 5.75 Å². The maximum absolute atomic E-state index is 13.4. The van der Waals surface area contributed by atoms with E-state index in [1.165, 1.54) is 0 Å². The minimum absolute atomic E-state index is 0.212. The Bertz CT molecular complexity index is 1180. The van der Waals surface area contributed by atoms with Crippen molar-refractivity contribution in [2.45, 2.75) is 18.9 Å². The van der Waals surface area contributed by atoms with Crippen molar-refractivity contribution in [3.63, 3.8) is 0 Å². The van der Waals surface area contributed by atoms with E-state index in [1.54, 1.807) is 78.6 Å². The fourth-order valence-electron chi connectivity index (χ4n) is 4.03. The molecule has 7 heteroatoms. The number of aliphatic hydroxyl groups is 1. The first-order valence-electron chi connectivity index (χ1n) is 10.3. The molecule has 3 aromatic rings. The molecule has 2 amide bonds. The molecule has 0 aromatic heterocycles. The standard InChI is InChI=1S/C25H23ClN2O4/c1-16-14-17(8-10-20(16)25(31,24(27)30)18-6-3-2-4-7-18)23(29)28-12-5-13-32-22-15-19(26)9-11-21(22)28/h2-4,6-11,14-15,31H,5,12-13H2,1H3,(H2,27,30). The third-order valence-electron chi connectivity index (χ3n) is 5.65. The molecule has 0 radical (unpaired) electrons. The van der Waals surface area contributed by atoms with E-state index >= 15 is 0 Å². The number of carbonyl (C=O) groups excluding carboxylic acids is 2. The molecule has 0 spiro atoms. The number of fused-ring (bicyclic) bond motifs is 1. The predicted octanol–water partition coefficient (Wildman–Crippen LogP) is 3.80. The van der Waals surface area contributed by atoms with E-state index in [4.69, 9.17) is 22.1 Å². The van der Waals surface area contributed by atoms with Crippen molar-refractivity contribution in [2.75, 3.05) is 18.1 Å². The van der Waals surface area contributed by atoms with Crippen molar-refractivity contribution in [3.05, 3.63) is 94.0 Å². The molecule has 0 bridgehead atoms. The van der Waals surface area contributed by atoms with E-state index in [1.807, 2.05) is 0 Å². The molecule has 1 aliphatic heterocycles. The van der Waals surface area contributed by atoms with Crippen LogP contribution in [0.15, 0.2) is 66.7 Å². The number of aryl methyl sites for hydroxylation is 1. The topological polar surface area (TPSA) is 92.9 Å². The van der Waals surface area contributed by atoms with Gasteiger partial charge in [-0.15, -0.1) is 0 Å². The van der Waals surface area contributed by atoms with Crippen LogP contribution in [0.25, 0.3) is 0 Å². The highest BCUT2D eigenvalue weighted by Gasteiger charge is 2.39. The Balaban J connectivity index is 1.73. The number of hydrogen-bond acceptors (Lipinski definition) is 4. The van der Waals surface area contributed by atoms with Crippen LogP contribution in [0.3, 0.4) is 0 Å². The zero-order valence-corrected chi connectivity index (χ0v) is 18.3. The number of anilines is 1. The molecule has 4 rings (SSSR count). The molecule has 1 atom stereocenters. The Morgan fingerprint density at radius 3 is 2.53 bits per heavy atom. The van der Waals surface area contributed by atoms with Crippen LogP contribution in [0.1, 0.15) is 33.5 Å². The summed E-state index contributed by atoms with van der Waals surface area (Å²) in [6.07, 6.45) is 0.671. The second-order valence-corrected chi connectivity index (χ2v) is 8.18. The zero-order valence-electron chi connectivity index (χ0n) is 17.5. The number of amides is 2. The average molecular weight is 451 g/mol. The summed E-state index contributed by atoms with van der Waals surface area (Å²) in [6.45, 7) is 2.71. The van der Waals surface area contributed by atoms with Gasteiger partial charge in [-0.2, -0.15) is 0 Å². The van der Waals surface area contributed by atoms with Gasteiger partial charge >= 0.3 is 0 Å². The molecule has 1 aliphatic rings. The Labute approximate surface area is 191 Å². The Morgan fingerprint density at radius 2 is 1.84 bits per heavy atom. The van der Waals surface area contributed by atoms with Crippen LogP contribution in [0.5, 0.6) is 5.75 Å². The van der Waals surface area contributed by atoms with Crippen molar-refractivity contribution in [1.29, 1.82) is 0 Å². The van der Waals surface area contributed by atoms with Gasteiger partial charge in [-0.25, -0.2) is 0 Å². The van der Waals surface area contributed by atoms with E-state index in [2.05, 4.69) is 0 Å². The number of rotatable bonds is 4. The van der Waals surface area contributed by atoms with Crippen LogP contribution in [0.2, 0.25) is 5.02 Å². The van der Waals surface area contributed by atoms with Crippen LogP contribution in [-0.2, 0) is 10.4 Å². The number of carbonyl (C=O) groups is 2. The van der Waals surface area contributed by atoms with Gasteiger partial charge in [-0.05, 0) is 48.7 Å². The number of nitrogens with zero attached hydrogens (tertiary/aromatic N) is 1. The lowest BCUT2D eigenvalue weighted by Gasteiger charge is -2.28. The summed E-state index contributed by atoms with van der Waals surface area (Å²) >= 11 is 6.09. The highest BCUT2D eigenvalue weighted by molar-refractivity contribution is 6.30. The molecular weight excluding hydrogens is 428 g/mol. The monoisotopic (exact) mass is 450 g/mol. The molecule has 0 saturated heterocycles. The van der Waals surface area contributed by atoms with Gasteiger partial charge in [0.25, 0.3) is 11.8 Å². The summed E-state index contributed by atoms with van der Waals surface area (Å²) in [5.74, 6) is -0.540. The lowest BCUT2D eigenvalue weighted by atomic mass is 9.82. The van der Waals surface area contributed by atoms with Crippen LogP contribution in [0.4, 0.5) is 5.69 Å². The SMILES string of the molecule is Cc1cc(C(=O)N2CCCOc3cc(Cl)ccc32)ccc1C(O)(C(N)=O)c1ccccc1. The van der Waals surface area contributed by atoms with Crippen molar-refractivity contribution in [1.82, 2.24) is 0 Å². The van der Waals surface area contributed by atoms with Crippen LogP contribution >= 0.6 is 11.6 Å². The second-order valence-electron chi connectivity index (χ2n) is 7.74. The molecule has 3 aromatic carbocycles. The van der Waals surface area contributed by atoms with Gasteiger partial charge < -0.3 is 20.5 Å². The minimum atomic E-state index is -2.01. The van der Waals surface area contributed by atoms with Gasteiger partial charge in [0, 0.05) is 28.8 Å². The number of benzene rings is 3. The Hall–Kier alpha value is -3.35. The minimum Gasteiger partial charge on any atom is -0.491 e. The summed E-state index contributed by atoms with van der Waals surface area (Å²) in [5.41, 5.74) is 5.95. The quantitative estimate of drug-likeness (QED) is 0.632. The molecule has 3 N–H and O–H groups in total. The summed E-state index contributed by atoms with van der Waals surface area (Å²) < 4.78 is 5.75. The third kappa shape index (κ3) is 3.83. The van der Waals surface area contributed by atoms with Gasteiger partial charge in [0.05, 0.1) is 12.3 Å². The first-order chi connectivity index (χ1) is 15.3. The highest BCUT2D eigenvalue weighted by atomic mass is 35.5. The van der Waals surface area contributed by atoms with Gasteiger partial charge in [-0.1, -0.05) is 48.0 Å². The molecule has 1 unspecified atom stereocenters. The third-order valence-corrected chi connectivity index (χ3v) is 5.89. The first-order valence-corrected chi connectivity index (χ1v) is 10.6. The van der Waals surface area contributed by atoms with E-state index in [-0.39, 0.29) is 5.91 Å². The van der Waals surface area contributed by atoms with Gasteiger partial charge in [0.15, 0.2) is 5.60 Å². The maximum Gasteiger partial charge on any atom is 0.258 e. The normalized spacial score (nSPS) is 15.2. The fourth-order valence-corrected chi connectivity index (χ4v) is 4.19. The molecule has 1 heterocycles. The van der Waals surface area contributed by atoms with Gasteiger partial charge in [-0.3, -0.25) is 9.59 Å². The molecule has 0 fully saturated rings. The number of halogens is 1. The number of primary amides is 1.